The minimum Gasteiger partial charge on any atom is -0.352 e. The Morgan fingerprint density at radius 3 is 2.58 bits per heavy atom. The molecule has 0 spiro atoms. The van der Waals surface area contributed by atoms with Gasteiger partial charge in [-0.3, -0.25) is 9.69 Å². The second-order valence-corrected chi connectivity index (χ2v) is 7.21. The van der Waals surface area contributed by atoms with Crippen LogP contribution in [0.15, 0.2) is 0 Å². The quantitative estimate of drug-likeness (QED) is 0.848. The molecule has 136 valence electrons. The molecule has 1 amide bonds. The van der Waals surface area contributed by atoms with Crippen LogP contribution >= 0.6 is 12.4 Å². The molecule has 0 radical (unpaired) electrons. The van der Waals surface area contributed by atoms with Gasteiger partial charge in [0.1, 0.15) is 11.6 Å². The summed E-state index contributed by atoms with van der Waals surface area (Å²) < 4.78 is 2.05. The molecule has 0 unspecified atom stereocenters. The van der Waals surface area contributed by atoms with Gasteiger partial charge in [-0.05, 0) is 32.1 Å². The van der Waals surface area contributed by atoms with Crippen LogP contribution in [0.3, 0.4) is 0 Å². The minimum absolute atomic E-state index is 0. The van der Waals surface area contributed by atoms with E-state index in [9.17, 15) is 4.79 Å². The second-order valence-electron chi connectivity index (χ2n) is 7.21. The minimum atomic E-state index is 0. The summed E-state index contributed by atoms with van der Waals surface area (Å²) in [6.07, 6.45) is 5.68. The van der Waals surface area contributed by atoms with Gasteiger partial charge >= 0.3 is 0 Å². The van der Waals surface area contributed by atoms with Crippen molar-refractivity contribution in [1.82, 2.24) is 25.0 Å². The predicted molar refractivity (Wildman–Crippen MR) is 95.9 cm³/mol. The largest absolute Gasteiger partial charge is 0.352 e. The van der Waals surface area contributed by atoms with Gasteiger partial charge in [-0.1, -0.05) is 19.8 Å². The number of aryl methyl sites for hydroxylation is 1. The molecule has 1 aromatic heterocycles. The Morgan fingerprint density at radius 2 is 2.04 bits per heavy atom. The number of nitrogens with zero attached hydrogens (tertiary/aromatic N) is 4. The number of rotatable bonds is 6. The van der Waals surface area contributed by atoms with Gasteiger partial charge in [0.2, 0.25) is 5.91 Å². The molecule has 1 aliphatic heterocycles. The summed E-state index contributed by atoms with van der Waals surface area (Å²) in [5, 5.41) is 11.7. The van der Waals surface area contributed by atoms with Crippen LogP contribution in [0.2, 0.25) is 0 Å². The van der Waals surface area contributed by atoms with E-state index < -0.39 is 0 Å². The lowest BCUT2D eigenvalue weighted by Gasteiger charge is -2.27. The van der Waals surface area contributed by atoms with Crippen LogP contribution in [0.5, 0.6) is 0 Å². The van der Waals surface area contributed by atoms with Crippen molar-refractivity contribution in [3.63, 3.8) is 0 Å². The number of amides is 1. The van der Waals surface area contributed by atoms with Crippen LogP contribution < -0.4 is 5.32 Å². The molecule has 6 nitrogen and oxygen atoms in total. The van der Waals surface area contributed by atoms with E-state index >= 15 is 0 Å². The fraction of sp³-hybridized carbons (Fsp3) is 0.824. The lowest BCUT2D eigenvalue weighted by Crippen LogP contribution is -2.45. The summed E-state index contributed by atoms with van der Waals surface area (Å²) >= 11 is 0. The van der Waals surface area contributed by atoms with Gasteiger partial charge in [-0.2, -0.15) is 0 Å². The Hall–Kier alpha value is -1.14. The van der Waals surface area contributed by atoms with E-state index in [0.29, 0.717) is 5.92 Å². The highest BCUT2D eigenvalue weighted by atomic mass is 35.5. The summed E-state index contributed by atoms with van der Waals surface area (Å²) in [6.45, 7) is 6.97. The van der Waals surface area contributed by atoms with Gasteiger partial charge in [-0.25, -0.2) is 0 Å². The lowest BCUT2D eigenvalue weighted by atomic mass is 9.84. The lowest BCUT2D eigenvalue weighted by molar-refractivity contribution is -0.128. The van der Waals surface area contributed by atoms with Crippen molar-refractivity contribution in [3.8, 4) is 0 Å². The first-order chi connectivity index (χ1) is 11.1. The first-order valence-electron chi connectivity index (χ1n) is 8.96. The maximum absolute atomic E-state index is 12.3. The Labute approximate surface area is 150 Å². The number of hydrogen-bond donors (Lipinski definition) is 1. The molecule has 1 aromatic rings. The molecule has 24 heavy (non-hydrogen) atoms. The van der Waals surface area contributed by atoms with E-state index in [0.717, 1.165) is 50.5 Å². The number of nitrogens with one attached hydrogen (secondary N) is 1. The SMILES string of the molecule is CCC[C@H]1CN(Cc2nnc(C)n2C)C[C@@H]1NC(=O)C1CCC1.Cl. The smallest absolute Gasteiger partial charge is 0.223 e. The zero-order valence-corrected chi connectivity index (χ0v) is 15.8. The van der Waals surface area contributed by atoms with E-state index in [1.807, 2.05) is 14.0 Å². The van der Waals surface area contributed by atoms with E-state index in [2.05, 4.69) is 31.9 Å². The number of carbonyl (C=O) groups excluding carboxylic acids is 1. The molecule has 2 aliphatic rings. The van der Waals surface area contributed by atoms with Crippen LogP contribution in [0, 0.1) is 18.8 Å². The number of likely N-dealkylation sites (tertiary alicyclic amines) is 1. The molecule has 1 saturated heterocycles. The Morgan fingerprint density at radius 1 is 1.29 bits per heavy atom. The van der Waals surface area contributed by atoms with Crippen LogP contribution in [-0.2, 0) is 18.4 Å². The normalized spacial score (nSPS) is 24.5. The molecule has 2 atom stereocenters. The van der Waals surface area contributed by atoms with Crippen molar-refractivity contribution < 1.29 is 4.79 Å². The average molecular weight is 356 g/mol. The predicted octanol–water partition coefficient (Wildman–Crippen LogP) is 2.06. The third-order valence-electron chi connectivity index (χ3n) is 5.53. The molecular formula is C17H30ClN5O. The Balaban J connectivity index is 0.00000208. The van der Waals surface area contributed by atoms with Crippen molar-refractivity contribution in [2.45, 2.75) is 58.5 Å². The highest BCUT2D eigenvalue weighted by molar-refractivity contribution is 5.85. The fourth-order valence-electron chi connectivity index (χ4n) is 3.68. The molecule has 1 aliphatic carbocycles. The molecule has 1 N–H and O–H groups in total. The van der Waals surface area contributed by atoms with Crippen molar-refractivity contribution in [2.24, 2.45) is 18.9 Å². The molecule has 7 heteroatoms. The first kappa shape index (κ1) is 19.2. The highest BCUT2D eigenvalue weighted by Gasteiger charge is 2.35. The van der Waals surface area contributed by atoms with Gasteiger partial charge in [-0.15, -0.1) is 22.6 Å². The molecule has 0 aromatic carbocycles. The van der Waals surface area contributed by atoms with E-state index in [-0.39, 0.29) is 30.3 Å². The number of halogens is 1. The van der Waals surface area contributed by atoms with Crippen molar-refractivity contribution in [2.75, 3.05) is 13.1 Å². The monoisotopic (exact) mass is 355 g/mol. The summed E-state index contributed by atoms with van der Waals surface area (Å²) in [5.41, 5.74) is 0. The maximum Gasteiger partial charge on any atom is 0.223 e. The number of aromatic nitrogens is 3. The van der Waals surface area contributed by atoms with Crippen LogP contribution in [-0.4, -0.2) is 44.7 Å². The van der Waals surface area contributed by atoms with Crippen molar-refractivity contribution in [1.29, 1.82) is 0 Å². The van der Waals surface area contributed by atoms with E-state index in [1.54, 1.807) is 0 Å². The zero-order valence-electron chi connectivity index (χ0n) is 15.0. The van der Waals surface area contributed by atoms with Gasteiger partial charge in [0, 0.05) is 32.1 Å². The number of carbonyl (C=O) groups is 1. The third kappa shape index (κ3) is 4.09. The van der Waals surface area contributed by atoms with Gasteiger partial charge < -0.3 is 9.88 Å². The van der Waals surface area contributed by atoms with Crippen molar-refractivity contribution >= 4 is 18.3 Å². The summed E-state index contributed by atoms with van der Waals surface area (Å²) in [7, 11) is 2.01. The molecule has 3 rings (SSSR count). The Kier molecular flexibility index (Phi) is 6.63. The van der Waals surface area contributed by atoms with Crippen LogP contribution in [0.25, 0.3) is 0 Å². The molecule has 0 bridgehead atoms. The van der Waals surface area contributed by atoms with Crippen LogP contribution in [0.4, 0.5) is 0 Å². The van der Waals surface area contributed by atoms with Crippen molar-refractivity contribution in [3.05, 3.63) is 11.6 Å². The first-order valence-corrected chi connectivity index (χ1v) is 8.96. The Bertz CT molecular complexity index is 557. The van der Waals surface area contributed by atoms with Gasteiger partial charge in [0.25, 0.3) is 0 Å². The maximum atomic E-state index is 12.3. The summed E-state index contributed by atoms with van der Waals surface area (Å²) in [5.74, 6) is 3.05. The van der Waals surface area contributed by atoms with Gasteiger partial charge in [0.15, 0.2) is 0 Å². The summed E-state index contributed by atoms with van der Waals surface area (Å²) in [6, 6.07) is 0.289. The average Bonchev–Trinajstić information content (AvgIpc) is 2.96. The molecule has 2 heterocycles. The molecule has 1 saturated carbocycles. The summed E-state index contributed by atoms with van der Waals surface area (Å²) in [4.78, 5) is 14.7. The zero-order chi connectivity index (χ0) is 16.4. The van der Waals surface area contributed by atoms with Crippen LogP contribution in [0.1, 0.15) is 50.7 Å². The van der Waals surface area contributed by atoms with E-state index in [4.69, 9.17) is 0 Å². The fourth-order valence-corrected chi connectivity index (χ4v) is 3.68. The molecule has 2 fully saturated rings. The molecular weight excluding hydrogens is 326 g/mol. The standard InChI is InChI=1S/C17H29N5O.ClH/c1-4-6-14-9-22(11-16-20-19-12(2)21(16)3)10-15(14)18-17(23)13-7-5-8-13;/h13-15H,4-11H2,1-3H3,(H,18,23);1H/t14-,15-;/m0./s1. The highest BCUT2D eigenvalue weighted by Crippen LogP contribution is 2.28. The number of hydrogen-bond acceptors (Lipinski definition) is 4. The van der Waals surface area contributed by atoms with E-state index in [1.165, 1.54) is 12.8 Å². The van der Waals surface area contributed by atoms with Gasteiger partial charge in [0.05, 0.1) is 6.54 Å². The topological polar surface area (TPSA) is 63.1 Å². The third-order valence-corrected chi connectivity index (χ3v) is 5.53. The second kappa shape index (κ2) is 8.30.